The minimum Gasteiger partial charge on any atom is -0.505 e. The van der Waals surface area contributed by atoms with Gasteiger partial charge < -0.3 is 19.5 Å². The average molecular weight is 428 g/mol. The van der Waals surface area contributed by atoms with Gasteiger partial charge in [0.2, 0.25) is 5.88 Å². The first kappa shape index (κ1) is 19.9. The quantitative estimate of drug-likeness (QED) is 0.368. The third kappa shape index (κ3) is 3.30. The van der Waals surface area contributed by atoms with E-state index in [1.54, 1.807) is 22.9 Å². The molecule has 0 aliphatic rings. The first-order valence-corrected chi connectivity index (χ1v) is 10.4. The highest BCUT2D eigenvalue weighted by molar-refractivity contribution is 6.17. The van der Waals surface area contributed by atoms with Crippen LogP contribution in [0.4, 0.5) is 4.39 Å². The fourth-order valence-corrected chi connectivity index (χ4v) is 4.13. The zero-order chi connectivity index (χ0) is 22.2. The first-order chi connectivity index (χ1) is 15.6. The number of pyridine rings is 1. The van der Waals surface area contributed by atoms with Gasteiger partial charge >= 0.3 is 0 Å². The number of phenols is 1. The summed E-state index contributed by atoms with van der Waals surface area (Å²) in [6.07, 6.45) is 3.42. The van der Waals surface area contributed by atoms with Crippen molar-refractivity contribution in [2.75, 3.05) is 6.61 Å². The van der Waals surface area contributed by atoms with E-state index in [2.05, 4.69) is 4.98 Å². The SMILES string of the molecule is CCOc1ccc(-c2c3cccnc3c(O)c3c(O)n(Cc4ccc(F)cc4)cc23)cc1. The molecule has 5 aromatic rings. The highest BCUT2D eigenvalue weighted by Gasteiger charge is 2.22. The number of hydrogen-bond donors (Lipinski definition) is 2. The highest BCUT2D eigenvalue weighted by atomic mass is 19.1. The number of aromatic hydroxyl groups is 2. The molecule has 0 fully saturated rings. The van der Waals surface area contributed by atoms with Crippen LogP contribution in [0.5, 0.6) is 17.4 Å². The largest absolute Gasteiger partial charge is 0.505 e. The monoisotopic (exact) mass is 428 g/mol. The number of phenolic OH excluding ortho intramolecular Hbond substituents is 1. The normalized spacial score (nSPS) is 11.3. The fourth-order valence-electron chi connectivity index (χ4n) is 4.13. The number of halogens is 1. The Morgan fingerprint density at radius 3 is 2.44 bits per heavy atom. The molecule has 0 aliphatic heterocycles. The van der Waals surface area contributed by atoms with Gasteiger partial charge in [-0.2, -0.15) is 0 Å². The lowest BCUT2D eigenvalue weighted by atomic mass is 9.95. The molecule has 0 aliphatic carbocycles. The molecule has 0 bridgehead atoms. The number of ether oxygens (including phenoxy) is 1. The lowest BCUT2D eigenvalue weighted by Gasteiger charge is -2.11. The molecule has 0 spiro atoms. The van der Waals surface area contributed by atoms with Gasteiger partial charge in [0.1, 0.15) is 17.1 Å². The maximum atomic E-state index is 13.3. The van der Waals surface area contributed by atoms with Crippen molar-refractivity contribution in [3.8, 4) is 28.5 Å². The standard InChI is InChI=1S/C26H21FN2O3/c1-2-32-19-11-7-17(8-12-19)22-20-4-3-13-28-24(20)25(30)23-21(22)15-29(26(23)31)14-16-5-9-18(27)10-6-16/h3-13,15,30-31H,2,14H2,1H3. The van der Waals surface area contributed by atoms with Crippen molar-refractivity contribution < 1.29 is 19.3 Å². The van der Waals surface area contributed by atoms with Crippen molar-refractivity contribution >= 4 is 21.7 Å². The maximum Gasteiger partial charge on any atom is 0.203 e. The molecule has 0 saturated carbocycles. The molecule has 2 heterocycles. The molecule has 5 rings (SSSR count). The van der Waals surface area contributed by atoms with E-state index in [-0.39, 0.29) is 17.4 Å². The van der Waals surface area contributed by atoms with Gasteiger partial charge in [-0.15, -0.1) is 0 Å². The smallest absolute Gasteiger partial charge is 0.203 e. The third-order valence-electron chi connectivity index (χ3n) is 5.58. The zero-order valence-corrected chi connectivity index (χ0v) is 17.4. The van der Waals surface area contributed by atoms with E-state index in [1.807, 2.05) is 49.5 Å². The summed E-state index contributed by atoms with van der Waals surface area (Å²) in [6, 6.07) is 17.5. The molecule has 32 heavy (non-hydrogen) atoms. The van der Waals surface area contributed by atoms with Crippen molar-refractivity contribution in [2.45, 2.75) is 13.5 Å². The Bertz CT molecular complexity index is 1420. The Kier molecular flexibility index (Phi) is 4.90. The molecule has 5 nitrogen and oxygen atoms in total. The van der Waals surface area contributed by atoms with Gasteiger partial charge in [0.25, 0.3) is 0 Å². The van der Waals surface area contributed by atoms with Gasteiger partial charge in [0, 0.05) is 28.7 Å². The number of aromatic nitrogens is 2. The summed E-state index contributed by atoms with van der Waals surface area (Å²) in [4.78, 5) is 4.37. The van der Waals surface area contributed by atoms with Crippen molar-refractivity contribution in [1.82, 2.24) is 9.55 Å². The number of hydrogen-bond acceptors (Lipinski definition) is 4. The topological polar surface area (TPSA) is 67.5 Å². The minimum atomic E-state index is -0.316. The molecule has 160 valence electrons. The van der Waals surface area contributed by atoms with E-state index in [9.17, 15) is 14.6 Å². The summed E-state index contributed by atoms with van der Waals surface area (Å²) < 4.78 is 20.5. The lowest BCUT2D eigenvalue weighted by Crippen LogP contribution is -1.97. The van der Waals surface area contributed by atoms with Crippen LogP contribution in [0, 0.1) is 5.82 Å². The maximum absolute atomic E-state index is 13.3. The molecular weight excluding hydrogens is 407 g/mol. The van der Waals surface area contributed by atoms with E-state index >= 15 is 0 Å². The second-order valence-corrected chi connectivity index (χ2v) is 7.58. The third-order valence-corrected chi connectivity index (χ3v) is 5.58. The molecule has 0 unspecified atom stereocenters. The predicted octanol–water partition coefficient (Wildman–Crippen LogP) is 5.85. The Morgan fingerprint density at radius 2 is 1.72 bits per heavy atom. The molecule has 2 N–H and O–H groups in total. The second-order valence-electron chi connectivity index (χ2n) is 7.58. The van der Waals surface area contributed by atoms with Gasteiger partial charge in [-0.1, -0.05) is 30.3 Å². The molecule has 6 heteroatoms. The van der Waals surface area contributed by atoms with Gasteiger partial charge in [-0.3, -0.25) is 4.98 Å². The summed E-state index contributed by atoms with van der Waals surface area (Å²) in [5.74, 6) is 0.316. The van der Waals surface area contributed by atoms with E-state index in [0.29, 0.717) is 29.4 Å². The molecule has 0 amide bonds. The lowest BCUT2D eigenvalue weighted by molar-refractivity contribution is 0.340. The Balaban J connectivity index is 1.75. The highest BCUT2D eigenvalue weighted by Crippen LogP contribution is 2.46. The van der Waals surface area contributed by atoms with Crippen LogP contribution in [0.15, 0.2) is 73.1 Å². The van der Waals surface area contributed by atoms with E-state index < -0.39 is 0 Å². The average Bonchev–Trinajstić information content (AvgIpc) is 3.13. The van der Waals surface area contributed by atoms with E-state index in [1.165, 1.54) is 12.1 Å². The summed E-state index contributed by atoms with van der Waals surface area (Å²) in [7, 11) is 0. The van der Waals surface area contributed by atoms with Crippen molar-refractivity contribution in [3.63, 3.8) is 0 Å². The summed E-state index contributed by atoms with van der Waals surface area (Å²) in [5.41, 5.74) is 3.01. The fraction of sp³-hybridized carbons (Fsp3) is 0.115. The first-order valence-electron chi connectivity index (χ1n) is 10.4. The molecule has 3 aromatic carbocycles. The Morgan fingerprint density at radius 1 is 0.969 bits per heavy atom. The van der Waals surface area contributed by atoms with Gasteiger partial charge in [-0.05, 0) is 48.4 Å². The zero-order valence-electron chi connectivity index (χ0n) is 17.4. The molecule has 0 saturated heterocycles. The summed E-state index contributed by atoms with van der Waals surface area (Å²) in [6.45, 7) is 2.84. The predicted molar refractivity (Wildman–Crippen MR) is 123 cm³/mol. The van der Waals surface area contributed by atoms with Crippen LogP contribution in [-0.2, 0) is 6.54 Å². The summed E-state index contributed by atoms with van der Waals surface area (Å²) in [5, 5.41) is 23.8. The van der Waals surface area contributed by atoms with Crippen LogP contribution in [0.2, 0.25) is 0 Å². The van der Waals surface area contributed by atoms with Crippen LogP contribution >= 0.6 is 0 Å². The van der Waals surface area contributed by atoms with Gasteiger partial charge in [0.05, 0.1) is 18.5 Å². The molecule has 0 atom stereocenters. The van der Waals surface area contributed by atoms with Crippen LogP contribution in [0.3, 0.4) is 0 Å². The Labute approximate surface area is 184 Å². The van der Waals surface area contributed by atoms with Gasteiger partial charge in [-0.25, -0.2) is 4.39 Å². The van der Waals surface area contributed by atoms with Crippen LogP contribution in [0.25, 0.3) is 32.8 Å². The molecule has 0 radical (unpaired) electrons. The van der Waals surface area contributed by atoms with Crippen LogP contribution in [0.1, 0.15) is 12.5 Å². The molecule has 2 aromatic heterocycles. The van der Waals surface area contributed by atoms with E-state index in [0.717, 1.165) is 27.8 Å². The number of rotatable bonds is 5. The van der Waals surface area contributed by atoms with E-state index in [4.69, 9.17) is 4.74 Å². The number of benzene rings is 3. The van der Waals surface area contributed by atoms with Crippen molar-refractivity contribution in [1.29, 1.82) is 0 Å². The minimum absolute atomic E-state index is 0.0680. The second kappa shape index (κ2) is 7.89. The number of nitrogens with zero attached hydrogens (tertiary/aromatic N) is 2. The number of fused-ring (bicyclic) bond motifs is 2. The van der Waals surface area contributed by atoms with Crippen LogP contribution in [-0.4, -0.2) is 26.4 Å². The Hall–Kier alpha value is -4.06. The van der Waals surface area contributed by atoms with Crippen LogP contribution < -0.4 is 4.74 Å². The summed E-state index contributed by atoms with van der Waals surface area (Å²) >= 11 is 0. The molecular formula is C26H21FN2O3. The van der Waals surface area contributed by atoms with Crippen molar-refractivity contribution in [2.24, 2.45) is 0 Å². The van der Waals surface area contributed by atoms with Crippen molar-refractivity contribution in [3.05, 3.63) is 84.4 Å². The van der Waals surface area contributed by atoms with Gasteiger partial charge in [0.15, 0.2) is 5.75 Å².